The zero-order valence-electron chi connectivity index (χ0n) is 11.6. The molecule has 5 nitrogen and oxygen atoms in total. The average Bonchev–Trinajstić information content (AvgIpc) is 2.39. The van der Waals surface area contributed by atoms with E-state index in [1.54, 1.807) is 6.92 Å². The maximum atomic E-state index is 11.3. The van der Waals surface area contributed by atoms with Crippen LogP contribution in [0.25, 0.3) is 0 Å². The predicted molar refractivity (Wildman–Crippen MR) is 72.3 cm³/mol. The summed E-state index contributed by atoms with van der Waals surface area (Å²) in [5, 5.41) is 13.9. The molecule has 0 aromatic rings. The highest BCUT2D eigenvalue weighted by atomic mass is 16.6. The molecule has 0 spiro atoms. The van der Waals surface area contributed by atoms with Crippen molar-refractivity contribution in [3.63, 3.8) is 0 Å². The Labute approximate surface area is 114 Å². The van der Waals surface area contributed by atoms with Gasteiger partial charge >= 0.3 is 0 Å². The topological polar surface area (TPSA) is 72.2 Å². The van der Waals surface area contributed by atoms with E-state index < -0.39 is 0 Å². The number of nitro groups is 1. The van der Waals surface area contributed by atoms with Crippen molar-refractivity contribution in [3.05, 3.63) is 10.1 Å². The molecule has 0 aromatic carbocycles. The van der Waals surface area contributed by atoms with Crippen LogP contribution in [-0.2, 0) is 4.79 Å². The molecule has 0 radical (unpaired) electrons. The Hall–Kier alpha value is -1.13. The zero-order chi connectivity index (χ0) is 13.8. The number of rotatable bonds is 3. The van der Waals surface area contributed by atoms with Crippen LogP contribution in [0, 0.1) is 22.0 Å². The van der Waals surface area contributed by atoms with Crippen molar-refractivity contribution in [2.24, 2.45) is 11.8 Å². The Morgan fingerprint density at radius 3 is 2.32 bits per heavy atom. The Balaban J connectivity index is 1.92. The molecule has 0 bridgehead atoms. The lowest BCUT2D eigenvalue weighted by atomic mass is 9.70. The SMILES string of the molecule is CC(=O)N[C@H]1CCCC[C@@H]1C1CCC([N+](=O)[O-])CC1. The summed E-state index contributed by atoms with van der Waals surface area (Å²) in [7, 11) is 0. The molecule has 2 rings (SSSR count). The average molecular weight is 268 g/mol. The van der Waals surface area contributed by atoms with Crippen molar-refractivity contribution < 1.29 is 9.72 Å². The zero-order valence-corrected chi connectivity index (χ0v) is 11.6. The molecule has 0 aliphatic heterocycles. The van der Waals surface area contributed by atoms with Crippen LogP contribution in [-0.4, -0.2) is 22.9 Å². The fraction of sp³-hybridized carbons (Fsp3) is 0.929. The summed E-state index contributed by atoms with van der Waals surface area (Å²) in [6, 6.07) is -0.0394. The standard InChI is InChI=1S/C14H24N2O3/c1-10(17)15-14-5-3-2-4-13(14)11-6-8-12(9-7-11)16(18)19/h11-14H,2-9H2,1H3,(H,15,17)/t11?,12?,13-,14+/m1/s1. The number of amides is 1. The lowest BCUT2D eigenvalue weighted by Gasteiger charge is -2.39. The quantitative estimate of drug-likeness (QED) is 0.631. The maximum Gasteiger partial charge on any atom is 0.217 e. The normalized spacial score (nSPS) is 35.6. The van der Waals surface area contributed by atoms with E-state index in [0.717, 1.165) is 19.3 Å². The van der Waals surface area contributed by atoms with Gasteiger partial charge in [0.25, 0.3) is 0 Å². The van der Waals surface area contributed by atoms with Gasteiger partial charge in [-0.2, -0.15) is 0 Å². The van der Waals surface area contributed by atoms with Crippen molar-refractivity contribution >= 4 is 5.91 Å². The third-order valence-electron chi connectivity index (χ3n) is 4.85. The molecule has 2 saturated carbocycles. The molecule has 108 valence electrons. The molecule has 5 heteroatoms. The highest BCUT2D eigenvalue weighted by Crippen LogP contribution is 2.39. The third kappa shape index (κ3) is 3.67. The Kier molecular flexibility index (Phi) is 4.77. The molecule has 2 aliphatic carbocycles. The van der Waals surface area contributed by atoms with Crippen molar-refractivity contribution in [3.8, 4) is 0 Å². The summed E-state index contributed by atoms with van der Waals surface area (Å²) in [6.07, 6.45) is 7.97. The first-order valence-electron chi connectivity index (χ1n) is 7.48. The van der Waals surface area contributed by atoms with E-state index in [9.17, 15) is 14.9 Å². The van der Waals surface area contributed by atoms with Gasteiger partial charge in [-0.05, 0) is 37.5 Å². The van der Waals surface area contributed by atoms with Crippen LogP contribution >= 0.6 is 0 Å². The van der Waals surface area contributed by atoms with E-state index in [1.807, 2.05) is 0 Å². The lowest BCUT2D eigenvalue weighted by Crippen LogP contribution is -2.45. The molecule has 1 amide bonds. The summed E-state index contributed by atoms with van der Waals surface area (Å²) in [4.78, 5) is 22.0. The number of nitrogens with zero attached hydrogens (tertiary/aromatic N) is 1. The second-order valence-corrected chi connectivity index (χ2v) is 6.11. The molecule has 2 aliphatic rings. The van der Waals surface area contributed by atoms with Gasteiger partial charge in [0.1, 0.15) is 0 Å². The van der Waals surface area contributed by atoms with Crippen LogP contribution in [0.5, 0.6) is 0 Å². The molecule has 1 N–H and O–H groups in total. The summed E-state index contributed by atoms with van der Waals surface area (Å²) in [5.41, 5.74) is 0. The van der Waals surface area contributed by atoms with Gasteiger partial charge in [0.2, 0.25) is 11.9 Å². The number of carbonyl (C=O) groups is 1. The molecular weight excluding hydrogens is 244 g/mol. The molecule has 19 heavy (non-hydrogen) atoms. The number of carbonyl (C=O) groups excluding carboxylic acids is 1. The molecule has 0 heterocycles. The first-order valence-corrected chi connectivity index (χ1v) is 7.48. The van der Waals surface area contributed by atoms with Gasteiger partial charge in [-0.3, -0.25) is 14.9 Å². The van der Waals surface area contributed by atoms with Crippen LogP contribution in [0.1, 0.15) is 58.3 Å². The van der Waals surface area contributed by atoms with Gasteiger partial charge in [-0.15, -0.1) is 0 Å². The van der Waals surface area contributed by atoms with Gasteiger partial charge in [0, 0.05) is 30.7 Å². The van der Waals surface area contributed by atoms with E-state index in [4.69, 9.17) is 0 Å². The van der Waals surface area contributed by atoms with Crippen LogP contribution in [0.15, 0.2) is 0 Å². The number of hydrogen-bond donors (Lipinski definition) is 1. The molecule has 2 atom stereocenters. The minimum absolute atomic E-state index is 0.0517. The monoisotopic (exact) mass is 268 g/mol. The van der Waals surface area contributed by atoms with Gasteiger partial charge in [0.15, 0.2) is 0 Å². The van der Waals surface area contributed by atoms with E-state index in [0.29, 0.717) is 30.7 Å². The van der Waals surface area contributed by atoms with E-state index in [-0.39, 0.29) is 16.9 Å². The Bertz CT molecular complexity index is 338. The fourth-order valence-corrected chi connectivity index (χ4v) is 3.90. The fourth-order valence-electron chi connectivity index (χ4n) is 3.90. The molecule has 0 saturated heterocycles. The van der Waals surface area contributed by atoms with E-state index >= 15 is 0 Å². The Morgan fingerprint density at radius 2 is 1.74 bits per heavy atom. The van der Waals surface area contributed by atoms with Crippen molar-refractivity contribution in [1.82, 2.24) is 5.32 Å². The van der Waals surface area contributed by atoms with E-state index in [1.165, 1.54) is 19.3 Å². The van der Waals surface area contributed by atoms with Gasteiger partial charge in [0.05, 0.1) is 0 Å². The van der Waals surface area contributed by atoms with Gasteiger partial charge < -0.3 is 5.32 Å². The predicted octanol–water partition coefficient (Wildman–Crippen LogP) is 2.52. The first kappa shape index (κ1) is 14.3. The largest absolute Gasteiger partial charge is 0.353 e. The van der Waals surface area contributed by atoms with E-state index in [2.05, 4.69) is 5.32 Å². The van der Waals surface area contributed by atoms with Crippen molar-refractivity contribution in [1.29, 1.82) is 0 Å². The second-order valence-electron chi connectivity index (χ2n) is 6.11. The van der Waals surface area contributed by atoms with Crippen molar-refractivity contribution in [2.45, 2.75) is 70.4 Å². The van der Waals surface area contributed by atoms with Crippen LogP contribution in [0.3, 0.4) is 0 Å². The third-order valence-corrected chi connectivity index (χ3v) is 4.85. The maximum absolute atomic E-state index is 11.3. The van der Waals surface area contributed by atoms with Crippen LogP contribution in [0.4, 0.5) is 0 Å². The summed E-state index contributed by atoms with van der Waals surface area (Å²) >= 11 is 0. The van der Waals surface area contributed by atoms with Gasteiger partial charge in [-0.1, -0.05) is 12.8 Å². The molecular formula is C14H24N2O3. The molecule has 2 fully saturated rings. The van der Waals surface area contributed by atoms with Gasteiger partial charge in [-0.25, -0.2) is 0 Å². The minimum Gasteiger partial charge on any atom is -0.353 e. The highest BCUT2D eigenvalue weighted by molar-refractivity contribution is 5.73. The second kappa shape index (κ2) is 6.35. The summed E-state index contributed by atoms with van der Waals surface area (Å²) in [5.74, 6) is 1.15. The lowest BCUT2D eigenvalue weighted by molar-refractivity contribution is -0.527. The van der Waals surface area contributed by atoms with Crippen molar-refractivity contribution in [2.75, 3.05) is 0 Å². The number of nitrogens with one attached hydrogen (secondary N) is 1. The molecule has 0 aromatic heterocycles. The highest BCUT2D eigenvalue weighted by Gasteiger charge is 2.37. The number of hydrogen-bond acceptors (Lipinski definition) is 3. The summed E-state index contributed by atoms with van der Waals surface area (Å²) in [6.45, 7) is 1.58. The minimum atomic E-state index is -0.334. The van der Waals surface area contributed by atoms with Crippen LogP contribution < -0.4 is 5.32 Å². The smallest absolute Gasteiger partial charge is 0.217 e. The summed E-state index contributed by atoms with van der Waals surface area (Å²) < 4.78 is 0. The first-order chi connectivity index (χ1) is 9.08. The Morgan fingerprint density at radius 1 is 1.11 bits per heavy atom. The van der Waals surface area contributed by atoms with Crippen LogP contribution in [0.2, 0.25) is 0 Å². The molecule has 0 unspecified atom stereocenters.